The average Bonchev–Trinajstić information content (AvgIpc) is 2.75. The SMILES string of the molecule is COc1ccccc1NS(=O)(=O)c1cc(NC(=O)c2ccc(CO)cc2)ccc1Cl. The summed E-state index contributed by atoms with van der Waals surface area (Å²) in [6, 6.07) is 17.1. The molecule has 7 nitrogen and oxygen atoms in total. The van der Waals surface area contributed by atoms with E-state index in [0.717, 1.165) is 0 Å². The molecule has 0 saturated carbocycles. The van der Waals surface area contributed by atoms with E-state index in [-0.39, 0.29) is 27.9 Å². The van der Waals surface area contributed by atoms with Crippen LogP contribution in [-0.2, 0) is 16.6 Å². The van der Waals surface area contributed by atoms with E-state index in [4.69, 9.17) is 21.4 Å². The van der Waals surface area contributed by atoms with Gasteiger partial charge in [-0.05, 0) is 48.0 Å². The van der Waals surface area contributed by atoms with Crippen LogP contribution < -0.4 is 14.8 Å². The number of methoxy groups -OCH3 is 1. The number of ether oxygens (including phenoxy) is 1. The van der Waals surface area contributed by atoms with Gasteiger partial charge in [0.15, 0.2) is 0 Å². The van der Waals surface area contributed by atoms with Crippen molar-refractivity contribution in [3.63, 3.8) is 0 Å². The second kappa shape index (κ2) is 9.17. The van der Waals surface area contributed by atoms with Gasteiger partial charge in [0.25, 0.3) is 15.9 Å². The Kier molecular flexibility index (Phi) is 6.61. The van der Waals surface area contributed by atoms with Gasteiger partial charge in [0.05, 0.1) is 24.4 Å². The minimum Gasteiger partial charge on any atom is -0.495 e. The third kappa shape index (κ3) is 4.91. The Labute approximate surface area is 179 Å². The maximum Gasteiger partial charge on any atom is 0.263 e. The molecule has 0 heterocycles. The Hall–Kier alpha value is -3.07. The molecule has 3 aromatic carbocycles. The number of aliphatic hydroxyl groups excluding tert-OH is 1. The first-order valence-corrected chi connectivity index (χ1v) is 10.7. The molecule has 3 aromatic rings. The average molecular weight is 447 g/mol. The first-order chi connectivity index (χ1) is 14.3. The second-order valence-corrected chi connectivity index (χ2v) is 8.32. The number of hydrogen-bond donors (Lipinski definition) is 3. The van der Waals surface area contributed by atoms with Crippen LogP contribution in [0.4, 0.5) is 11.4 Å². The molecule has 9 heteroatoms. The number of hydrogen-bond acceptors (Lipinski definition) is 5. The molecule has 1 amide bonds. The topological polar surface area (TPSA) is 105 Å². The minimum atomic E-state index is -4.05. The monoisotopic (exact) mass is 446 g/mol. The van der Waals surface area contributed by atoms with Gasteiger partial charge >= 0.3 is 0 Å². The van der Waals surface area contributed by atoms with E-state index in [1.165, 1.54) is 25.3 Å². The summed E-state index contributed by atoms with van der Waals surface area (Å²) in [5, 5.41) is 11.7. The number of sulfonamides is 1. The maximum atomic E-state index is 12.9. The molecule has 0 atom stereocenters. The van der Waals surface area contributed by atoms with Crippen molar-refractivity contribution in [2.24, 2.45) is 0 Å². The molecule has 0 saturated heterocycles. The number of anilines is 2. The van der Waals surface area contributed by atoms with Crippen molar-refractivity contribution >= 4 is 38.9 Å². The smallest absolute Gasteiger partial charge is 0.263 e. The lowest BCUT2D eigenvalue weighted by Crippen LogP contribution is -2.16. The zero-order valence-electron chi connectivity index (χ0n) is 15.9. The molecule has 3 rings (SSSR count). The van der Waals surface area contributed by atoms with Crippen molar-refractivity contribution < 1.29 is 23.1 Å². The van der Waals surface area contributed by atoms with Crippen molar-refractivity contribution in [1.29, 1.82) is 0 Å². The number of aliphatic hydroxyl groups is 1. The fourth-order valence-corrected chi connectivity index (χ4v) is 4.28. The lowest BCUT2D eigenvalue weighted by molar-refractivity contribution is 0.102. The van der Waals surface area contributed by atoms with E-state index in [1.807, 2.05) is 0 Å². The molecule has 0 fully saturated rings. The summed E-state index contributed by atoms with van der Waals surface area (Å²) >= 11 is 6.12. The lowest BCUT2D eigenvalue weighted by atomic mass is 10.1. The van der Waals surface area contributed by atoms with Crippen LogP contribution in [0, 0.1) is 0 Å². The lowest BCUT2D eigenvalue weighted by Gasteiger charge is -2.14. The summed E-state index contributed by atoms with van der Waals surface area (Å²) in [4.78, 5) is 12.3. The number of carbonyl (C=O) groups excluding carboxylic acids is 1. The van der Waals surface area contributed by atoms with E-state index in [0.29, 0.717) is 16.9 Å². The van der Waals surface area contributed by atoms with E-state index in [1.54, 1.807) is 48.5 Å². The fraction of sp³-hybridized carbons (Fsp3) is 0.0952. The second-order valence-electron chi connectivity index (χ2n) is 6.26. The van der Waals surface area contributed by atoms with Gasteiger partial charge in [-0.15, -0.1) is 0 Å². The predicted octanol–water partition coefficient (Wildman–Crippen LogP) is 3.89. The Morgan fingerprint density at radius 2 is 1.77 bits per heavy atom. The van der Waals surface area contributed by atoms with Crippen molar-refractivity contribution in [1.82, 2.24) is 0 Å². The van der Waals surface area contributed by atoms with Gasteiger partial charge in [-0.1, -0.05) is 35.9 Å². The van der Waals surface area contributed by atoms with Crippen LogP contribution >= 0.6 is 11.6 Å². The highest BCUT2D eigenvalue weighted by molar-refractivity contribution is 7.92. The summed E-state index contributed by atoms with van der Waals surface area (Å²) in [5.74, 6) is -0.0733. The van der Waals surface area contributed by atoms with Crippen molar-refractivity contribution in [3.8, 4) is 5.75 Å². The van der Waals surface area contributed by atoms with Gasteiger partial charge in [-0.2, -0.15) is 0 Å². The molecule has 0 aliphatic heterocycles. The molecule has 156 valence electrons. The molecule has 0 aromatic heterocycles. The molecule has 30 heavy (non-hydrogen) atoms. The summed E-state index contributed by atoms with van der Waals surface area (Å²) < 4.78 is 33.4. The zero-order valence-corrected chi connectivity index (χ0v) is 17.5. The first kappa shape index (κ1) is 21.6. The van der Waals surface area contributed by atoms with E-state index in [9.17, 15) is 13.2 Å². The molecule has 0 aliphatic carbocycles. The predicted molar refractivity (Wildman–Crippen MR) is 116 cm³/mol. The van der Waals surface area contributed by atoms with Crippen LogP contribution in [0.3, 0.4) is 0 Å². The maximum absolute atomic E-state index is 12.9. The van der Waals surface area contributed by atoms with Crippen LogP contribution in [0.1, 0.15) is 15.9 Å². The fourth-order valence-electron chi connectivity index (χ4n) is 2.68. The summed E-state index contributed by atoms with van der Waals surface area (Å²) in [6.45, 7) is -0.125. The molecular weight excluding hydrogens is 428 g/mol. The van der Waals surface area contributed by atoms with Gasteiger partial charge in [-0.25, -0.2) is 8.42 Å². The minimum absolute atomic E-state index is 0.00250. The van der Waals surface area contributed by atoms with E-state index in [2.05, 4.69) is 10.0 Å². The van der Waals surface area contributed by atoms with E-state index >= 15 is 0 Å². The molecule has 0 aliphatic rings. The third-order valence-corrected chi connectivity index (χ3v) is 6.08. The largest absolute Gasteiger partial charge is 0.495 e. The molecule has 0 unspecified atom stereocenters. The number of para-hydroxylation sites is 2. The summed E-state index contributed by atoms with van der Waals surface area (Å²) in [5.41, 5.74) is 1.55. The van der Waals surface area contributed by atoms with Crippen molar-refractivity contribution in [2.75, 3.05) is 17.1 Å². The standard InChI is InChI=1S/C21H19ClN2O5S/c1-29-19-5-3-2-4-18(19)24-30(27,28)20-12-16(10-11-17(20)22)23-21(26)15-8-6-14(13-25)7-9-15/h2-12,24-25H,13H2,1H3,(H,23,26). The van der Waals surface area contributed by atoms with Gasteiger partial charge in [-0.3, -0.25) is 9.52 Å². The number of nitrogens with one attached hydrogen (secondary N) is 2. The molecule has 0 radical (unpaired) electrons. The van der Waals surface area contributed by atoms with Crippen LogP contribution in [0.5, 0.6) is 5.75 Å². The van der Waals surface area contributed by atoms with Crippen LogP contribution in [0.2, 0.25) is 5.02 Å². The Balaban J connectivity index is 1.86. The van der Waals surface area contributed by atoms with Crippen LogP contribution in [0.15, 0.2) is 71.6 Å². The highest BCUT2D eigenvalue weighted by Crippen LogP contribution is 2.30. The molecule has 0 bridgehead atoms. The number of carbonyl (C=O) groups is 1. The van der Waals surface area contributed by atoms with Crippen LogP contribution in [0.25, 0.3) is 0 Å². The van der Waals surface area contributed by atoms with Gasteiger partial charge in [0.1, 0.15) is 10.6 Å². The van der Waals surface area contributed by atoms with Crippen molar-refractivity contribution in [3.05, 3.63) is 82.9 Å². The zero-order chi connectivity index (χ0) is 21.7. The number of benzene rings is 3. The number of amides is 1. The van der Waals surface area contributed by atoms with Gasteiger partial charge in [0, 0.05) is 11.3 Å². The Morgan fingerprint density at radius 1 is 1.07 bits per heavy atom. The molecule has 0 spiro atoms. The number of rotatable bonds is 7. The summed E-state index contributed by atoms with van der Waals surface area (Å²) in [6.07, 6.45) is 0. The van der Waals surface area contributed by atoms with Crippen LogP contribution in [-0.4, -0.2) is 26.5 Å². The molecular formula is C21H19ClN2O5S. The highest BCUT2D eigenvalue weighted by atomic mass is 35.5. The normalized spacial score (nSPS) is 11.0. The summed E-state index contributed by atoms with van der Waals surface area (Å²) in [7, 11) is -2.62. The van der Waals surface area contributed by atoms with E-state index < -0.39 is 15.9 Å². The Bertz CT molecular complexity index is 1160. The van der Waals surface area contributed by atoms with Gasteiger partial charge in [0.2, 0.25) is 0 Å². The third-order valence-electron chi connectivity index (χ3n) is 4.23. The Morgan fingerprint density at radius 3 is 2.43 bits per heavy atom. The molecule has 3 N–H and O–H groups in total. The highest BCUT2D eigenvalue weighted by Gasteiger charge is 2.21. The first-order valence-electron chi connectivity index (χ1n) is 8.80. The quantitative estimate of drug-likeness (QED) is 0.510. The number of halogens is 1. The van der Waals surface area contributed by atoms with Crippen molar-refractivity contribution in [2.45, 2.75) is 11.5 Å². The van der Waals surface area contributed by atoms with Gasteiger partial charge < -0.3 is 15.2 Å².